The number of benzene rings is 1. The molecule has 0 spiro atoms. The molecule has 2 N–H and O–H groups in total. The molecule has 0 saturated carbocycles. The van der Waals surface area contributed by atoms with E-state index in [0.717, 1.165) is 8.95 Å². The number of carboxylic acid groups (broad SMARTS) is 1. The highest BCUT2D eigenvalue weighted by molar-refractivity contribution is 9.11. The number of nitrogens with one attached hydrogen (secondary N) is 1. The average Bonchev–Trinajstić information content (AvgIpc) is 2.36. The van der Waals surface area contributed by atoms with E-state index in [0.29, 0.717) is 24.9 Å². The first-order chi connectivity index (χ1) is 8.91. The standard InChI is InChI=1S/C13H15Br2NO3/c1-8(13(18)19)3-2-6-16-12(17)10-7-9(14)4-5-11(10)15/h4-5,7-8H,2-3,6H2,1H3,(H,16,17)(H,18,19). The summed E-state index contributed by atoms with van der Waals surface area (Å²) in [7, 11) is 0. The van der Waals surface area contributed by atoms with Gasteiger partial charge < -0.3 is 10.4 Å². The lowest BCUT2D eigenvalue weighted by atomic mass is 10.1. The smallest absolute Gasteiger partial charge is 0.306 e. The van der Waals surface area contributed by atoms with E-state index in [2.05, 4.69) is 37.2 Å². The van der Waals surface area contributed by atoms with Crippen LogP contribution in [0.15, 0.2) is 27.1 Å². The maximum absolute atomic E-state index is 11.9. The Hall–Kier alpha value is -0.880. The van der Waals surface area contributed by atoms with E-state index in [1.54, 1.807) is 19.1 Å². The van der Waals surface area contributed by atoms with Crippen LogP contribution in [0, 0.1) is 5.92 Å². The van der Waals surface area contributed by atoms with E-state index in [9.17, 15) is 9.59 Å². The molecule has 1 atom stereocenters. The molecule has 104 valence electrons. The van der Waals surface area contributed by atoms with Crippen molar-refractivity contribution in [1.82, 2.24) is 5.32 Å². The first-order valence-electron chi connectivity index (χ1n) is 5.88. The Morgan fingerprint density at radius 2 is 2.05 bits per heavy atom. The van der Waals surface area contributed by atoms with Crippen molar-refractivity contribution in [3.05, 3.63) is 32.7 Å². The molecular weight excluding hydrogens is 378 g/mol. The minimum atomic E-state index is -0.805. The minimum absolute atomic E-state index is 0.170. The summed E-state index contributed by atoms with van der Waals surface area (Å²) in [5, 5.41) is 11.5. The normalized spacial score (nSPS) is 11.9. The van der Waals surface area contributed by atoms with Crippen LogP contribution >= 0.6 is 31.9 Å². The largest absolute Gasteiger partial charge is 0.481 e. The molecule has 0 aliphatic rings. The predicted molar refractivity (Wildman–Crippen MR) is 80.2 cm³/mol. The van der Waals surface area contributed by atoms with Gasteiger partial charge in [-0.1, -0.05) is 22.9 Å². The van der Waals surface area contributed by atoms with Crippen LogP contribution in [-0.4, -0.2) is 23.5 Å². The number of amides is 1. The molecule has 0 fully saturated rings. The summed E-state index contributed by atoms with van der Waals surface area (Å²) in [5.41, 5.74) is 0.556. The molecule has 0 heterocycles. The SMILES string of the molecule is CC(CCCNC(=O)c1cc(Br)ccc1Br)C(=O)O. The minimum Gasteiger partial charge on any atom is -0.481 e. The fourth-order valence-electron chi connectivity index (χ4n) is 1.50. The molecule has 0 bridgehead atoms. The molecule has 19 heavy (non-hydrogen) atoms. The summed E-state index contributed by atoms with van der Waals surface area (Å²) < 4.78 is 1.56. The molecule has 0 aliphatic heterocycles. The Balaban J connectivity index is 2.43. The molecule has 1 aromatic carbocycles. The average molecular weight is 393 g/mol. The van der Waals surface area contributed by atoms with Crippen LogP contribution in [0.2, 0.25) is 0 Å². The van der Waals surface area contributed by atoms with Crippen LogP contribution in [0.3, 0.4) is 0 Å². The van der Waals surface area contributed by atoms with Gasteiger partial charge in [-0.05, 0) is 47.0 Å². The van der Waals surface area contributed by atoms with Crippen molar-refractivity contribution >= 4 is 43.7 Å². The number of carboxylic acids is 1. The molecule has 0 aromatic heterocycles. The summed E-state index contributed by atoms with van der Waals surface area (Å²) in [5.74, 6) is -1.35. The van der Waals surface area contributed by atoms with Crippen molar-refractivity contribution in [1.29, 1.82) is 0 Å². The van der Waals surface area contributed by atoms with Gasteiger partial charge in [0, 0.05) is 15.5 Å². The first-order valence-corrected chi connectivity index (χ1v) is 7.46. The monoisotopic (exact) mass is 391 g/mol. The zero-order valence-electron chi connectivity index (χ0n) is 10.5. The van der Waals surface area contributed by atoms with E-state index >= 15 is 0 Å². The molecule has 4 nitrogen and oxygen atoms in total. The summed E-state index contributed by atoms with van der Waals surface area (Å²) in [6, 6.07) is 5.38. The van der Waals surface area contributed by atoms with Gasteiger partial charge in [-0.25, -0.2) is 0 Å². The van der Waals surface area contributed by atoms with Gasteiger partial charge in [-0.15, -0.1) is 0 Å². The maximum Gasteiger partial charge on any atom is 0.306 e. The summed E-state index contributed by atoms with van der Waals surface area (Å²) >= 11 is 6.64. The lowest BCUT2D eigenvalue weighted by Crippen LogP contribution is -2.25. The van der Waals surface area contributed by atoms with E-state index in [1.165, 1.54) is 0 Å². The van der Waals surface area contributed by atoms with Gasteiger partial charge >= 0.3 is 5.97 Å². The molecule has 0 aliphatic carbocycles. The van der Waals surface area contributed by atoms with Crippen molar-refractivity contribution in [3.63, 3.8) is 0 Å². The van der Waals surface area contributed by atoms with Crippen molar-refractivity contribution in [3.8, 4) is 0 Å². The maximum atomic E-state index is 11.9. The molecule has 1 amide bonds. The van der Waals surface area contributed by atoms with Gasteiger partial charge in [0.2, 0.25) is 0 Å². The number of rotatable bonds is 6. The van der Waals surface area contributed by atoms with Crippen LogP contribution < -0.4 is 5.32 Å². The van der Waals surface area contributed by atoms with Crippen LogP contribution in [-0.2, 0) is 4.79 Å². The van der Waals surface area contributed by atoms with E-state index < -0.39 is 5.97 Å². The zero-order valence-corrected chi connectivity index (χ0v) is 13.6. The summed E-state index contributed by atoms with van der Waals surface area (Å²) in [6.45, 7) is 2.13. The van der Waals surface area contributed by atoms with Gasteiger partial charge in [0.15, 0.2) is 0 Å². The van der Waals surface area contributed by atoms with E-state index in [1.807, 2.05) is 6.07 Å². The summed E-state index contributed by atoms with van der Waals surface area (Å²) in [6.07, 6.45) is 1.19. The first kappa shape index (κ1) is 16.2. The Bertz CT molecular complexity index is 477. The van der Waals surface area contributed by atoms with Crippen LogP contribution in [0.25, 0.3) is 0 Å². The number of hydrogen-bond donors (Lipinski definition) is 2. The number of carbonyl (C=O) groups excluding carboxylic acids is 1. The Morgan fingerprint density at radius 3 is 2.68 bits per heavy atom. The Kier molecular flexibility index (Phi) is 6.51. The Labute approximate surface area is 128 Å². The molecule has 1 aromatic rings. The topological polar surface area (TPSA) is 66.4 Å². The fraction of sp³-hybridized carbons (Fsp3) is 0.385. The van der Waals surface area contributed by atoms with Gasteiger partial charge in [-0.3, -0.25) is 9.59 Å². The quantitative estimate of drug-likeness (QED) is 0.728. The van der Waals surface area contributed by atoms with Crippen molar-refractivity contribution < 1.29 is 14.7 Å². The fourth-order valence-corrected chi connectivity index (χ4v) is 2.29. The predicted octanol–water partition coefficient (Wildman–Crippen LogP) is 3.44. The zero-order chi connectivity index (χ0) is 14.4. The number of halogens is 2. The lowest BCUT2D eigenvalue weighted by molar-refractivity contribution is -0.141. The number of hydrogen-bond acceptors (Lipinski definition) is 2. The molecule has 0 saturated heterocycles. The van der Waals surface area contributed by atoms with Gasteiger partial charge in [-0.2, -0.15) is 0 Å². The number of aliphatic carboxylic acids is 1. The van der Waals surface area contributed by atoms with Gasteiger partial charge in [0.1, 0.15) is 0 Å². The second-order valence-corrected chi connectivity index (χ2v) is 6.03. The Morgan fingerprint density at radius 1 is 1.37 bits per heavy atom. The molecule has 1 unspecified atom stereocenters. The van der Waals surface area contributed by atoms with Crippen molar-refractivity contribution in [2.24, 2.45) is 5.92 Å². The second kappa shape index (κ2) is 7.65. The van der Waals surface area contributed by atoms with E-state index in [-0.39, 0.29) is 11.8 Å². The van der Waals surface area contributed by atoms with Crippen LogP contribution in [0.5, 0.6) is 0 Å². The molecule has 1 rings (SSSR count). The van der Waals surface area contributed by atoms with E-state index in [4.69, 9.17) is 5.11 Å². The molecular formula is C13H15Br2NO3. The van der Waals surface area contributed by atoms with Crippen molar-refractivity contribution in [2.45, 2.75) is 19.8 Å². The third kappa shape index (κ3) is 5.32. The highest BCUT2D eigenvalue weighted by Gasteiger charge is 2.12. The summed E-state index contributed by atoms with van der Waals surface area (Å²) in [4.78, 5) is 22.6. The third-order valence-corrected chi connectivity index (χ3v) is 3.88. The van der Waals surface area contributed by atoms with Crippen molar-refractivity contribution in [2.75, 3.05) is 6.54 Å². The third-order valence-electron chi connectivity index (χ3n) is 2.69. The second-order valence-electron chi connectivity index (χ2n) is 4.26. The highest BCUT2D eigenvalue weighted by Crippen LogP contribution is 2.21. The molecule has 6 heteroatoms. The highest BCUT2D eigenvalue weighted by atomic mass is 79.9. The molecule has 0 radical (unpaired) electrons. The number of carbonyl (C=O) groups is 2. The van der Waals surface area contributed by atoms with Gasteiger partial charge in [0.25, 0.3) is 5.91 Å². The van der Waals surface area contributed by atoms with Crippen LogP contribution in [0.4, 0.5) is 0 Å². The lowest BCUT2D eigenvalue weighted by Gasteiger charge is -2.09. The van der Waals surface area contributed by atoms with Crippen LogP contribution in [0.1, 0.15) is 30.1 Å². The van der Waals surface area contributed by atoms with Gasteiger partial charge in [0.05, 0.1) is 11.5 Å².